The van der Waals surface area contributed by atoms with Gasteiger partial charge in [0.25, 0.3) is 0 Å². The van der Waals surface area contributed by atoms with Crippen LogP contribution in [0.5, 0.6) is 5.75 Å². The molecular formula is C16H18O5. The van der Waals surface area contributed by atoms with Gasteiger partial charge in [-0.15, -0.1) is 5.92 Å². The normalized spacial score (nSPS) is 25.4. The van der Waals surface area contributed by atoms with E-state index in [-0.39, 0.29) is 5.75 Å². The number of carbonyl (C=O) groups is 1. The molecule has 112 valence electrons. The van der Waals surface area contributed by atoms with E-state index in [1.165, 1.54) is 12.1 Å². The molecule has 1 saturated heterocycles. The maximum Gasteiger partial charge on any atom is 0.318 e. The Morgan fingerprint density at radius 1 is 1.38 bits per heavy atom. The van der Waals surface area contributed by atoms with Gasteiger partial charge < -0.3 is 19.7 Å². The lowest BCUT2D eigenvalue weighted by atomic mass is 9.85. The van der Waals surface area contributed by atoms with E-state index in [2.05, 4.69) is 11.8 Å². The third-order valence-corrected chi connectivity index (χ3v) is 3.22. The summed E-state index contributed by atoms with van der Waals surface area (Å²) in [5, 5.41) is 19.7. The lowest BCUT2D eigenvalue weighted by Crippen LogP contribution is -2.50. The van der Waals surface area contributed by atoms with Gasteiger partial charge in [0.15, 0.2) is 6.29 Å². The molecule has 0 saturated carbocycles. The highest BCUT2D eigenvalue weighted by Gasteiger charge is 2.46. The smallest absolute Gasteiger partial charge is 0.318 e. The van der Waals surface area contributed by atoms with Crippen LogP contribution in [0.1, 0.15) is 32.3 Å². The first kappa shape index (κ1) is 15.4. The number of esters is 1. The van der Waals surface area contributed by atoms with Crippen LogP contribution >= 0.6 is 0 Å². The summed E-state index contributed by atoms with van der Waals surface area (Å²) < 4.78 is 10.5. The summed E-state index contributed by atoms with van der Waals surface area (Å²) in [5.41, 5.74) is 0.619. The first-order valence-corrected chi connectivity index (χ1v) is 6.64. The summed E-state index contributed by atoms with van der Waals surface area (Å²) in [6, 6.07) is 6.42. The van der Waals surface area contributed by atoms with Crippen LogP contribution in [0.4, 0.5) is 0 Å². The van der Waals surface area contributed by atoms with E-state index >= 15 is 0 Å². The Morgan fingerprint density at radius 3 is 2.67 bits per heavy atom. The van der Waals surface area contributed by atoms with E-state index in [1.807, 2.05) is 0 Å². The number of carbonyl (C=O) groups excluding carboxylic acids is 1. The molecule has 1 aromatic carbocycles. The predicted octanol–water partition coefficient (Wildman–Crippen LogP) is 1.74. The van der Waals surface area contributed by atoms with E-state index in [1.54, 1.807) is 32.9 Å². The number of aliphatic hydroxyl groups excluding tert-OH is 1. The molecule has 1 aliphatic heterocycles. The quantitative estimate of drug-likeness (QED) is 0.641. The van der Waals surface area contributed by atoms with Gasteiger partial charge >= 0.3 is 5.97 Å². The fourth-order valence-corrected chi connectivity index (χ4v) is 2.37. The second-order valence-electron chi connectivity index (χ2n) is 5.32. The van der Waals surface area contributed by atoms with E-state index in [0.29, 0.717) is 5.56 Å². The Labute approximate surface area is 123 Å². The third kappa shape index (κ3) is 3.35. The minimum Gasteiger partial charge on any atom is -0.508 e. The van der Waals surface area contributed by atoms with Gasteiger partial charge in [-0.25, -0.2) is 0 Å². The van der Waals surface area contributed by atoms with E-state index in [9.17, 15) is 15.0 Å². The zero-order valence-corrected chi connectivity index (χ0v) is 12.2. The summed E-state index contributed by atoms with van der Waals surface area (Å²) in [4.78, 5) is 12.2. The zero-order chi connectivity index (χ0) is 15.6. The minimum absolute atomic E-state index is 0.0651. The summed E-state index contributed by atoms with van der Waals surface area (Å²) in [7, 11) is 0. The number of phenols is 1. The Kier molecular flexibility index (Phi) is 4.21. The van der Waals surface area contributed by atoms with E-state index in [4.69, 9.17) is 9.47 Å². The number of aliphatic hydroxyl groups is 1. The molecule has 5 heteroatoms. The maximum absolute atomic E-state index is 12.2. The SMILES string of the molecule is CC#CC(c1cccc(O)c1)C1C(=O)OC(C)(C)OC1O. The summed E-state index contributed by atoms with van der Waals surface area (Å²) in [6.45, 7) is 4.75. The fraction of sp³-hybridized carbons (Fsp3) is 0.438. The van der Waals surface area contributed by atoms with Gasteiger partial charge in [0.1, 0.15) is 11.7 Å². The number of phenolic OH excluding ortho intramolecular Hbond substituents is 1. The molecule has 1 aliphatic rings. The third-order valence-electron chi connectivity index (χ3n) is 3.22. The Balaban J connectivity index is 2.38. The number of rotatable bonds is 2. The number of ether oxygens (including phenoxy) is 2. The number of benzene rings is 1. The monoisotopic (exact) mass is 290 g/mol. The van der Waals surface area contributed by atoms with Gasteiger partial charge in [-0.3, -0.25) is 4.79 Å². The van der Waals surface area contributed by atoms with Gasteiger partial charge in [-0.05, 0) is 24.6 Å². The first-order valence-electron chi connectivity index (χ1n) is 6.64. The maximum atomic E-state index is 12.2. The number of cyclic esters (lactones) is 1. The fourth-order valence-electron chi connectivity index (χ4n) is 2.37. The molecule has 0 bridgehead atoms. The highest BCUT2D eigenvalue weighted by molar-refractivity contribution is 5.76. The average Bonchev–Trinajstić information content (AvgIpc) is 2.35. The van der Waals surface area contributed by atoms with Crippen molar-refractivity contribution in [2.24, 2.45) is 5.92 Å². The molecule has 21 heavy (non-hydrogen) atoms. The van der Waals surface area contributed by atoms with Crippen molar-refractivity contribution in [3.8, 4) is 17.6 Å². The van der Waals surface area contributed by atoms with Crippen LogP contribution in [-0.2, 0) is 14.3 Å². The number of hydrogen-bond donors (Lipinski definition) is 2. The van der Waals surface area contributed by atoms with Crippen molar-refractivity contribution in [3.63, 3.8) is 0 Å². The molecule has 0 radical (unpaired) electrons. The first-order chi connectivity index (χ1) is 9.84. The molecule has 0 aliphatic carbocycles. The molecule has 0 spiro atoms. The van der Waals surface area contributed by atoms with Crippen LogP contribution in [0.15, 0.2) is 24.3 Å². The summed E-state index contributed by atoms with van der Waals surface area (Å²) >= 11 is 0. The van der Waals surface area contributed by atoms with Crippen molar-refractivity contribution < 1.29 is 24.5 Å². The largest absolute Gasteiger partial charge is 0.508 e. The molecule has 3 unspecified atom stereocenters. The molecule has 1 aromatic rings. The lowest BCUT2D eigenvalue weighted by molar-refractivity contribution is -0.315. The minimum atomic E-state index is -1.32. The molecule has 0 amide bonds. The van der Waals surface area contributed by atoms with Crippen LogP contribution < -0.4 is 0 Å². The van der Waals surface area contributed by atoms with Crippen LogP contribution in [0.3, 0.4) is 0 Å². The standard InChI is InChI=1S/C16H18O5/c1-4-6-12(10-7-5-8-11(17)9-10)13-14(18)20-16(2,3)21-15(13)19/h5,7-9,12-14,17-18H,1-3H3. The predicted molar refractivity (Wildman–Crippen MR) is 75.1 cm³/mol. The lowest BCUT2D eigenvalue weighted by Gasteiger charge is -2.39. The number of aromatic hydroxyl groups is 1. The second kappa shape index (κ2) is 5.76. The van der Waals surface area contributed by atoms with Crippen LogP contribution in [0.2, 0.25) is 0 Å². The Hall–Kier alpha value is -2.03. The topological polar surface area (TPSA) is 76.0 Å². The van der Waals surface area contributed by atoms with Crippen molar-refractivity contribution in [1.82, 2.24) is 0 Å². The molecule has 1 fully saturated rings. The number of hydrogen-bond acceptors (Lipinski definition) is 5. The van der Waals surface area contributed by atoms with Crippen molar-refractivity contribution in [3.05, 3.63) is 29.8 Å². The van der Waals surface area contributed by atoms with Crippen molar-refractivity contribution in [2.45, 2.75) is 38.8 Å². The van der Waals surface area contributed by atoms with Crippen molar-refractivity contribution in [1.29, 1.82) is 0 Å². The zero-order valence-electron chi connectivity index (χ0n) is 12.2. The van der Waals surface area contributed by atoms with Crippen LogP contribution in [-0.4, -0.2) is 28.3 Å². The Bertz CT molecular complexity index is 596. The molecule has 1 heterocycles. The average molecular weight is 290 g/mol. The van der Waals surface area contributed by atoms with Crippen molar-refractivity contribution >= 4 is 5.97 Å². The van der Waals surface area contributed by atoms with Gasteiger partial charge in [0, 0.05) is 13.8 Å². The summed E-state index contributed by atoms with van der Waals surface area (Å²) in [6.07, 6.45) is -1.32. The Morgan fingerprint density at radius 2 is 2.10 bits per heavy atom. The highest BCUT2D eigenvalue weighted by atomic mass is 16.8. The summed E-state index contributed by atoms with van der Waals surface area (Å²) in [5.74, 6) is 2.35. The highest BCUT2D eigenvalue weighted by Crippen LogP contribution is 2.36. The molecular weight excluding hydrogens is 272 g/mol. The molecule has 3 atom stereocenters. The van der Waals surface area contributed by atoms with Gasteiger partial charge in [0.05, 0.1) is 5.92 Å². The van der Waals surface area contributed by atoms with E-state index in [0.717, 1.165) is 0 Å². The van der Waals surface area contributed by atoms with Crippen LogP contribution in [0.25, 0.3) is 0 Å². The van der Waals surface area contributed by atoms with Crippen LogP contribution in [0, 0.1) is 17.8 Å². The van der Waals surface area contributed by atoms with Gasteiger partial charge in [0.2, 0.25) is 5.79 Å². The molecule has 2 N–H and O–H groups in total. The van der Waals surface area contributed by atoms with Gasteiger partial charge in [-0.2, -0.15) is 0 Å². The van der Waals surface area contributed by atoms with Crippen molar-refractivity contribution in [2.75, 3.05) is 0 Å². The molecule has 0 aromatic heterocycles. The van der Waals surface area contributed by atoms with E-state index < -0.39 is 29.9 Å². The second-order valence-corrected chi connectivity index (χ2v) is 5.32. The molecule has 5 nitrogen and oxygen atoms in total. The molecule has 2 rings (SSSR count). The van der Waals surface area contributed by atoms with Gasteiger partial charge in [-0.1, -0.05) is 18.1 Å².